The highest BCUT2D eigenvalue weighted by Gasteiger charge is 2.18. The second kappa shape index (κ2) is 8.11. The van der Waals surface area contributed by atoms with E-state index in [1.54, 1.807) is 18.2 Å². The van der Waals surface area contributed by atoms with Crippen molar-refractivity contribution in [1.82, 2.24) is 4.31 Å². The summed E-state index contributed by atoms with van der Waals surface area (Å²) in [4.78, 5) is 23.9. The molecule has 0 radical (unpaired) electrons. The Hall–Kier alpha value is -2.71. The van der Waals surface area contributed by atoms with E-state index < -0.39 is 28.5 Å². The van der Waals surface area contributed by atoms with Crippen molar-refractivity contribution in [2.45, 2.75) is 11.8 Å². The monoisotopic (exact) mass is 376 g/mol. The molecule has 0 unspecified atom stereocenters. The first-order chi connectivity index (χ1) is 12.2. The largest absolute Gasteiger partial charge is 0.452 e. The van der Waals surface area contributed by atoms with Crippen LogP contribution in [0.15, 0.2) is 53.4 Å². The van der Waals surface area contributed by atoms with Crippen LogP contribution < -0.4 is 5.32 Å². The summed E-state index contributed by atoms with van der Waals surface area (Å²) in [6, 6.07) is 12.6. The van der Waals surface area contributed by atoms with E-state index in [4.69, 9.17) is 4.74 Å². The molecule has 0 saturated heterocycles. The summed E-state index contributed by atoms with van der Waals surface area (Å²) in [5, 5.41) is 2.63. The van der Waals surface area contributed by atoms with Crippen LogP contribution in [0.2, 0.25) is 0 Å². The van der Waals surface area contributed by atoms with Gasteiger partial charge in [-0.25, -0.2) is 17.5 Å². The summed E-state index contributed by atoms with van der Waals surface area (Å²) >= 11 is 0. The lowest BCUT2D eigenvalue weighted by Crippen LogP contribution is -2.22. The Morgan fingerprint density at radius 3 is 2.31 bits per heavy atom. The molecule has 7 nitrogen and oxygen atoms in total. The number of hydrogen-bond donors (Lipinski definition) is 1. The number of hydrogen-bond acceptors (Lipinski definition) is 5. The maximum absolute atomic E-state index is 12.0. The predicted molar refractivity (Wildman–Crippen MR) is 97.4 cm³/mol. The minimum absolute atomic E-state index is 0.0660. The Morgan fingerprint density at radius 2 is 1.73 bits per heavy atom. The summed E-state index contributed by atoms with van der Waals surface area (Å²) in [5.74, 6) is -1.17. The number of sulfonamides is 1. The van der Waals surface area contributed by atoms with Crippen LogP contribution in [0.4, 0.5) is 5.69 Å². The fourth-order valence-electron chi connectivity index (χ4n) is 2.11. The molecule has 0 aliphatic rings. The third-order valence-corrected chi connectivity index (χ3v) is 5.33. The molecule has 8 heteroatoms. The van der Waals surface area contributed by atoms with Crippen molar-refractivity contribution in [2.24, 2.45) is 0 Å². The topological polar surface area (TPSA) is 92.8 Å². The second-order valence-corrected chi connectivity index (χ2v) is 7.96. The quantitative estimate of drug-likeness (QED) is 0.779. The first kappa shape index (κ1) is 19.6. The number of aryl methyl sites for hydroxylation is 1. The highest BCUT2D eigenvalue weighted by atomic mass is 32.2. The zero-order valence-electron chi connectivity index (χ0n) is 14.7. The highest BCUT2D eigenvalue weighted by molar-refractivity contribution is 7.89. The molecule has 2 aromatic carbocycles. The van der Waals surface area contributed by atoms with Gasteiger partial charge in [-0.1, -0.05) is 12.1 Å². The van der Waals surface area contributed by atoms with E-state index in [1.165, 1.54) is 38.4 Å². The first-order valence-electron chi connectivity index (χ1n) is 7.76. The number of anilines is 1. The zero-order chi connectivity index (χ0) is 19.3. The number of carbonyl (C=O) groups excluding carboxylic acids is 2. The molecular weight excluding hydrogens is 356 g/mol. The lowest BCUT2D eigenvalue weighted by atomic mass is 10.2. The Balaban J connectivity index is 1.94. The van der Waals surface area contributed by atoms with Gasteiger partial charge in [-0.2, -0.15) is 0 Å². The smallest absolute Gasteiger partial charge is 0.338 e. The van der Waals surface area contributed by atoms with Crippen LogP contribution in [0.25, 0.3) is 0 Å². The summed E-state index contributed by atoms with van der Waals surface area (Å²) in [6.07, 6.45) is 0. The van der Waals surface area contributed by atoms with Crippen LogP contribution in [-0.4, -0.2) is 45.3 Å². The van der Waals surface area contributed by atoms with Gasteiger partial charge in [0, 0.05) is 19.8 Å². The zero-order valence-corrected chi connectivity index (χ0v) is 15.5. The van der Waals surface area contributed by atoms with Gasteiger partial charge in [-0.3, -0.25) is 4.79 Å². The third kappa shape index (κ3) is 4.90. The van der Waals surface area contributed by atoms with E-state index in [0.717, 1.165) is 9.87 Å². The number of esters is 1. The van der Waals surface area contributed by atoms with Gasteiger partial charge in [0.15, 0.2) is 6.61 Å². The van der Waals surface area contributed by atoms with E-state index in [1.807, 2.05) is 13.0 Å². The predicted octanol–water partition coefficient (Wildman–Crippen LogP) is 2.04. The van der Waals surface area contributed by atoms with Gasteiger partial charge in [0.1, 0.15) is 0 Å². The van der Waals surface area contributed by atoms with Crippen molar-refractivity contribution in [3.63, 3.8) is 0 Å². The highest BCUT2D eigenvalue weighted by Crippen LogP contribution is 2.14. The molecule has 0 atom stereocenters. The van der Waals surface area contributed by atoms with Gasteiger partial charge in [-0.05, 0) is 48.9 Å². The van der Waals surface area contributed by atoms with E-state index in [-0.39, 0.29) is 10.5 Å². The maximum atomic E-state index is 12.0. The van der Waals surface area contributed by atoms with E-state index >= 15 is 0 Å². The number of ether oxygens (including phenoxy) is 1. The van der Waals surface area contributed by atoms with E-state index in [0.29, 0.717) is 5.69 Å². The molecular formula is C18H20N2O5S. The third-order valence-electron chi connectivity index (χ3n) is 3.50. The summed E-state index contributed by atoms with van der Waals surface area (Å²) in [6.45, 7) is 1.46. The molecule has 0 bridgehead atoms. The van der Waals surface area contributed by atoms with Crippen molar-refractivity contribution in [2.75, 3.05) is 26.0 Å². The van der Waals surface area contributed by atoms with Gasteiger partial charge in [0.2, 0.25) is 10.0 Å². The number of carbonyl (C=O) groups is 2. The molecule has 138 valence electrons. The average molecular weight is 376 g/mol. The fourth-order valence-corrected chi connectivity index (χ4v) is 3.01. The molecule has 2 aromatic rings. The van der Waals surface area contributed by atoms with E-state index in [2.05, 4.69) is 5.32 Å². The fraction of sp³-hybridized carbons (Fsp3) is 0.222. The number of nitrogens with one attached hydrogen (secondary N) is 1. The van der Waals surface area contributed by atoms with Crippen LogP contribution in [-0.2, 0) is 19.6 Å². The van der Waals surface area contributed by atoms with Crippen molar-refractivity contribution >= 4 is 27.6 Å². The molecule has 0 aliphatic carbocycles. The van der Waals surface area contributed by atoms with Crippen LogP contribution in [0.1, 0.15) is 15.9 Å². The van der Waals surface area contributed by atoms with Crippen molar-refractivity contribution in [1.29, 1.82) is 0 Å². The molecule has 0 spiro atoms. The number of rotatable bonds is 6. The Kier molecular flexibility index (Phi) is 6.12. The molecule has 26 heavy (non-hydrogen) atoms. The summed E-state index contributed by atoms with van der Waals surface area (Å²) in [7, 11) is -0.724. The Labute approximate surface area is 152 Å². The SMILES string of the molecule is Cc1cccc(NC(=O)COC(=O)c2ccc(S(=O)(=O)N(C)C)cc2)c1. The average Bonchev–Trinajstić information content (AvgIpc) is 2.59. The minimum Gasteiger partial charge on any atom is -0.452 e. The van der Waals surface area contributed by atoms with Crippen molar-refractivity contribution in [3.05, 3.63) is 59.7 Å². The van der Waals surface area contributed by atoms with Gasteiger partial charge < -0.3 is 10.1 Å². The van der Waals surface area contributed by atoms with Crippen LogP contribution in [0.3, 0.4) is 0 Å². The molecule has 1 N–H and O–H groups in total. The lowest BCUT2D eigenvalue weighted by Gasteiger charge is -2.11. The summed E-state index contributed by atoms with van der Waals surface area (Å²) in [5.41, 5.74) is 1.77. The van der Waals surface area contributed by atoms with Crippen molar-refractivity contribution < 1.29 is 22.7 Å². The molecule has 0 saturated carbocycles. The summed E-state index contributed by atoms with van der Waals surface area (Å²) < 4.78 is 30.0. The van der Waals surface area contributed by atoms with Gasteiger partial charge >= 0.3 is 5.97 Å². The first-order valence-corrected chi connectivity index (χ1v) is 9.20. The maximum Gasteiger partial charge on any atom is 0.338 e. The number of nitrogens with zero attached hydrogens (tertiary/aromatic N) is 1. The molecule has 0 aromatic heterocycles. The lowest BCUT2D eigenvalue weighted by molar-refractivity contribution is -0.119. The van der Waals surface area contributed by atoms with Gasteiger partial charge in [-0.15, -0.1) is 0 Å². The number of amides is 1. The Bertz CT molecular complexity index is 905. The second-order valence-electron chi connectivity index (χ2n) is 5.81. The van der Waals surface area contributed by atoms with Crippen LogP contribution >= 0.6 is 0 Å². The molecule has 0 fully saturated rings. The number of benzene rings is 2. The molecule has 0 aliphatic heterocycles. The van der Waals surface area contributed by atoms with Gasteiger partial charge in [0.25, 0.3) is 5.91 Å². The molecule has 1 amide bonds. The minimum atomic E-state index is -3.57. The normalized spacial score (nSPS) is 11.2. The van der Waals surface area contributed by atoms with Crippen molar-refractivity contribution in [3.8, 4) is 0 Å². The molecule has 2 rings (SSSR count). The molecule has 0 heterocycles. The standard InChI is InChI=1S/C18H20N2O5S/c1-13-5-4-6-15(11-13)19-17(21)12-25-18(22)14-7-9-16(10-8-14)26(23,24)20(2)3/h4-11H,12H2,1-3H3,(H,19,21). The van der Waals surface area contributed by atoms with Gasteiger partial charge in [0.05, 0.1) is 10.5 Å². The van der Waals surface area contributed by atoms with Crippen LogP contribution in [0, 0.1) is 6.92 Å². The van der Waals surface area contributed by atoms with Crippen LogP contribution in [0.5, 0.6) is 0 Å². The van der Waals surface area contributed by atoms with E-state index in [9.17, 15) is 18.0 Å². The Morgan fingerprint density at radius 1 is 1.08 bits per heavy atom.